The van der Waals surface area contributed by atoms with Crippen LogP contribution in [0.2, 0.25) is 0 Å². The molecule has 1 aromatic rings. The van der Waals surface area contributed by atoms with Gasteiger partial charge in [-0.25, -0.2) is 0 Å². The second kappa shape index (κ2) is 9.71. The van der Waals surface area contributed by atoms with E-state index in [2.05, 4.69) is 26.8 Å². The average Bonchev–Trinajstić information content (AvgIpc) is 2.42. The van der Waals surface area contributed by atoms with Crippen molar-refractivity contribution in [3.05, 3.63) is 30.7 Å². The molecular formula is C17H27O2. The molecule has 107 valence electrons. The highest BCUT2D eigenvalue weighted by Gasteiger charge is 2.05. The molecule has 0 amide bonds. The Morgan fingerprint density at radius 2 is 1.68 bits per heavy atom. The molecule has 2 heteroatoms. The van der Waals surface area contributed by atoms with E-state index in [4.69, 9.17) is 9.47 Å². The first kappa shape index (κ1) is 15.9. The lowest BCUT2D eigenvalue weighted by Gasteiger charge is -2.13. The monoisotopic (exact) mass is 263 g/mol. The van der Waals surface area contributed by atoms with Crippen molar-refractivity contribution in [1.82, 2.24) is 0 Å². The van der Waals surface area contributed by atoms with Crippen molar-refractivity contribution in [2.75, 3.05) is 13.2 Å². The van der Waals surface area contributed by atoms with Crippen molar-refractivity contribution in [3.63, 3.8) is 0 Å². The average molecular weight is 263 g/mol. The number of benzene rings is 1. The minimum atomic E-state index is 0.777. The molecule has 0 saturated heterocycles. The molecule has 0 aromatic heterocycles. The van der Waals surface area contributed by atoms with E-state index in [1.807, 2.05) is 12.1 Å². The van der Waals surface area contributed by atoms with Crippen molar-refractivity contribution in [2.24, 2.45) is 0 Å². The van der Waals surface area contributed by atoms with Crippen molar-refractivity contribution >= 4 is 0 Å². The van der Waals surface area contributed by atoms with Crippen molar-refractivity contribution in [3.8, 4) is 11.5 Å². The molecule has 1 aromatic carbocycles. The van der Waals surface area contributed by atoms with Crippen LogP contribution >= 0.6 is 0 Å². The number of hydrogen-bond acceptors (Lipinski definition) is 2. The minimum absolute atomic E-state index is 0.777. The minimum Gasteiger partial charge on any atom is -0.493 e. The van der Waals surface area contributed by atoms with Gasteiger partial charge < -0.3 is 9.47 Å². The van der Waals surface area contributed by atoms with Crippen LogP contribution in [0.1, 0.15) is 51.5 Å². The summed E-state index contributed by atoms with van der Waals surface area (Å²) in [5, 5.41) is 0. The quantitative estimate of drug-likeness (QED) is 0.564. The Morgan fingerprint density at radius 3 is 2.32 bits per heavy atom. The fraction of sp³-hybridized carbons (Fsp3) is 0.588. The number of aryl methyl sites for hydroxylation is 1. The first-order valence-corrected chi connectivity index (χ1v) is 7.49. The van der Waals surface area contributed by atoms with Crippen molar-refractivity contribution < 1.29 is 9.47 Å². The zero-order valence-electron chi connectivity index (χ0n) is 12.4. The van der Waals surface area contributed by atoms with Gasteiger partial charge in [-0.15, -0.1) is 0 Å². The molecule has 19 heavy (non-hydrogen) atoms. The Balaban J connectivity index is 2.66. The first-order chi connectivity index (χ1) is 9.31. The third-order valence-corrected chi connectivity index (χ3v) is 3.01. The van der Waals surface area contributed by atoms with Gasteiger partial charge in [0.05, 0.1) is 13.2 Å². The van der Waals surface area contributed by atoms with Crippen LogP contribution in [0.25, 0.3) is 0 Å². The van der Waals surface area contributed by atoms with Gasteiger partial charge in [0.2, 0.25) is 0 Å². The molecule has 0 aliphatic carbocycles. The molecule has 2 nitrogen and oxygen atoms in total. The van der Waals surface area contributed by atoms with E-state index in [0.29, 0.717) is 0 Å². The van der Waals surface area contributed by atoms with Crippen LogP contribution in [0.5, 0.6) is 11.5 Å². The van der Waals surface area contributed by atoms with Gasteiger partial charge in [0.15, 0.2) is 0 Å². The molecule has 0 unspecified atom stereocenters. The predicted octanol–water partition coefficient (Wildman–Crippen LogP) is 4.81. The van der Waals surface area contributed by atoms with Crippen LogP contribution < -0.4 is 9.47 Å². The fourth-order valence-corrected chi connectivity index (χ4v) is 1.82. The van der Waals surface area contributed by atoms with Gasteiger partial charge in [0, 0.05) is 6.07 Å². The SMILES string of the molecule is [CH2]CCc1ccc(OCCCC)cc1OCCCC. The molecule has 1 rings (SSSR count). The first-order valence-electron chi connectivity index (χ1n) is 7.49. The van der Waals surface area contributed by atoms with Gasteiger partial charge in [-0.2, -0.15) is 0 Å². The summed E-state index contributed by atoms with van der Waals surface area (Å²) in [7, 11) is 0. The molecule has 0 heterocycles. The highest BCUT2D eigenvalue weighted by Crippen LogP contribution is 2.26. The van der Waals surface area contributed by atoms with Crippen molar-refractivity contribution in [1.29, 1.82) is 0 Å². The molecule has 0 aliphatic heterocycles. The summed E-state index contributed by atoms with van der Waals surface area (Å²) in [6.07, 6.45) is 6.32. The topological polar surface area (TPSA) is 18.5 Å². The number of hydrogen-bond donors (Lipinski definition) is 0. The van der Waals surface area contributed by atoms with E-state index in [9.17, 15) is 0 Å². The zero-order valence-corrected chi connectivity index (χ0v) is 12.4. The molecular weight excluding hydrogens is 236 g/mol. The molecule has 0 saturated carbocycles. The van der Waals surface area contributed by atoms with Gasteiger partial charge in [-0.05, 0) is 37.3 Å². The Hall–Kier alpha value is -1.18. The predicted molar refractivity (Wildman–Crippen MR) is 80.9 cm³/mol. The van der Waals surface area contributed by atoms with E-state index in [-0.39, 0.29) is 0 Å². The number of unbranched alkanes of at least 4 members (excludes halogenated alkanes) is 2. The molecule has 0 atom stereocenters. The second-order valence-electron chi connectivity index (χ2n) is 4.78. The summed E-state index contributed by atoms with van der Waals surface area (Å²) >= 11 is 0. The zero-order chi connectivity index (χ0) is 13.9. The highest BCUT2D eigenvalue weighted by molar-refractivity contribution is 5.41. The lowest BCUT2D eigenvalue weighted by Crippen LogP contribution is -2.02. The van der Waals surface area contributed by atoms with Crippen molar-refractivity contribution in [2.45, 2.75) is 52.4 Å². The van der Waals surface area contributed by atoms with E-state index in [1.54, 1.807) is 0 Å². The largest absolute Gasteiger partial charge is 0.493 e. The van der Waals surface area contributed by atoms with Gasteiger partial charge in [0.25, 0.3) is 0 Å². The molecule has 0 bridgehead atoms. The smallest absolute Gasteiger partial charge is 0.126 e. The summed E-state index contributed by atoms with van der Waals surface area (Å²) < 4.78 is 11.6. The second-order valence-corrected chi connectivity index (χ2v) is 4.78. The lowest BCUT2D eigenvalue weighted by molar-refractivity contribution is 0.292. The molecule has 1 radical (unpaired) electrons. The Labute approximate surface area is 118 Å². The van der Waals surface area contributed by atoms with E-state index >= 15 is 0 Å². The maximum absolute atomic E-state index is 5.87. The maximum Gasteiger partial charge on any atom is 0.126 e. The van der Waals surface area contributed by atoms with Crippen LogP contribution in [-0.4, -0.2) is 13.2 Å². The van der Waals surface area contributed by atoms with Gasteiger partial charge in [-0.1, -0.05) is 39.7 Å². The van der Waals surface area contributed by atoms with Crippen LogP contribution in [0.4, 0.5) is 0 Å². The van der Waals surface area contributed by atoms with E-state index in [0.717, 1.165) is 63.2 Å². The summed E-state index contributed by atoms with van der Waals surface area (Å²) in [6.45, 7) is 9.81. The maximum atomic E-state index is 5.87. The molecule has 0 fully saturated rings. The summed E-state index contributed by atoms with van der Waals surface area (Å²) in [6, 6.07) is 6.16. The Bertz CT molecular complexity index is 347. The summed E-state index contributed by atoms with van der Waals surface area (Å²) in [5.41, 5.74) is 1.23. The molecule has 0 spiro atoms. The number of ether oxygens (including phenoxy) is 2. The normalized spacial score (nSPS) is 10.5. The molecule has 0 aliphatic rings. The molecule has 0 N–H and O–H groups in total. The van der Waals surface area contributed by atoms with Crippen LogP contribution in [0.15, 0.2) is 18.2 Å². The van der Waals surface area contributed by atoms with Gasteiger partial charge >= 0.3 is 0 Å². The van der Waals surface area contributed by atoms with Crippen LogP contribution in [-0.2, 0) is 6.42 Å². The fourth-order valence-electron chi connectivity index (χ4n) is 1.82. The lowest BCUT2D eigenvalue weighted by atomic mass is 10.1. The van der Waals surface area contributed by atoms with Crippen LogP contribution in [0.3, 0.4) is 0 Å². The van der Waals surface area contributed by atoms with E-state index in [1.165, 1.54) is 5.56 Å². The Kier molecular flexibility index (Phi) is 8.11. The number of rotatable bonds is 10. The highest BCUT2D eigenvalue weighted by atomic mass is 16.5. The van der Waals surface area contributed by atoms with Gasteiger partial charge in [-0.3, -0.25) is 0 Å². The van der Waals surface area contributed by atoms with E-state index < -0.39 is 0 Å². The third-order valence-electron chi connectivity index (χ3n) is 3.01. The standard InChI is InChI=1S/C17H27O2/c1-4-7-12-18-16-11-10-15(9-6-3)17(14-16)19-13-8-5-2/h10-11,14H,3-9,12-13H2,1-2H3. The summed E-state index contributed by atoms with van der Waals surface area (Å²) in [5.74, 6) is 1.87. The Morgan fingerprint density at radius 1 is 1.00 bits per heavy atom. The third kappa shape index (κ3) is 6.00. The van der Waals surface area contributed by atoms with Crippen LogP contribution in [0, 0.1) is 6.92 Å². The summed E-state index contributed by atoms with van der Waals surface area (Å²) in [4.78, 5) is 0. The van der Waals surface area contributed by atoms with Gasteiger partial charge in [0.1, 0.15) is 11.5 Å².